The summed E-state index contributed by atoms with van der Waals surface area (Å²) in [4.78, 5) is 0. The smallest absolute Gasteiger partial charge is 0.143 e. The van der Waals surface area contributed by atoms with Gasteiger partial charge in [0.1, 0.15) is 17.9 Å². The molecule has 1 fully saturated rings. The summed E-state index contributed by atoms with van der Waals surface area (Å²) in [5.74, 6) is 1.28. The van der Waals surface area contributed by atoms with Gasteiger partial charge in [0.05, 0.1) is 6.07 Å². The van der Waals surface area contributed by atoms with Crippen LogP contribution in [0.1, 0.15) is 24.0 Å². The van der Waals surface area contributed by atoms with E-state index in [1.165, 1.54) is 11.1 Å². The monoisotopic (exact) mass is 244 g/mol. The summed E-state index contributed by atoms with van der Waals surface area (Å²) >= 11 is 0. The molecule has 1 aliphatic carbocycles. The number of rotatable bonds is 5. The number of likely N-dealkylation sites (N-methyl/N-ethyl adjacent to an activating group) is 1. The van der Waals surface area contributed by atoms with Crippen LogP contribution in [-0.2, 0) is 0 Å². The Bertz CT molecular complexity index is 454. The number of hydrogen-bond acceptors (Lipinski definition) is 3. The van der Waals surface area contributed by atoms with Crippen molar-refractivity contribution >= 4 is 0 Å². The van der Waals surface area contributed by atoms with Crippen molar-refractivity contribution in [2.75, 3.05) is 13.7 Å². The maximum Gasteiger partial charge on any atom is 0.143 e. The number of hydrogen-bond donors (Lipinski definition) is 1. The number of ether oxygens (including phenoxy) is 1. The summed E-state index contributed by atoms with van der Waals surface area (Å²) in [5, 5.41) is 12.5. The van der Waals surface area contributed by atoms with E-state index in [2.05, 4.69) is 31.3 Å². The highest BCUT2D eigenvalue weighted by Crippen LogP contribution is 2.39. The summed E-state index contributed by atoms with van der Waals surface area (Å²) in [6.45, 7) is 4.51. The summed E-state index contributed by atoms with van der Waals surface area (Å²) in [6, 6.07) is 8.53. The van der Waals surface area contributed by atoms with Gasteiger partial charge in [0.25, 0.3) is 0 Å². The maximum absolute atomic E-state index is 9.38. The summed E-state index contributed by atoms with van der Waals surface area (Å²) < 4.78 is 5.83. The fraction of sp³-hybridized carbons (Fsp3) is 0.533. The fourth-order valence-corrected chi connectivity index (χ4v) is 2.36. The zero-order chi connectivity index (χ0) is 13.2. The van der Waals surface area contributed by atoms with Crippen LogP contribution in [0.4, 0.5) is 0 Å². The third kappa shape index (κ3) is 2.65. The van der Waals surface area contributed by atoms with Crippen LogP contribution < -0.4 is 10.1 Å². The van der Waals surface area contributed by atoms with Gasteiger partial charge in [-0.1, -0.05) is 6.07 Å². The van der Waals surface area contributed by atoms with E-state index in [0.717, 1.165) is 18.6 Å². The molecule has 0 aromatic heterocycles. The molecule has 1 N–H and O–H groups in total. The van der Waals surface area contributed by atoms with Gasteiger partial charge in [0.2, 0.25) is 0 Å². The normalized spacial score (nSPS) is 17.9. The topological polar surface area (TPSA) is 45.0 Å². The first-order chi connectivity index (χ1) is 8.59. The molecule has 1 unspecified atom stereocenters. The van der Waals surface area contributed by atoms with Crippen molar-refractivity contribution in [1.29, 1.82) is 5.26 Å². The Kier molecular flexibility index (Phi) is 3.58. The van der Waals surface area contributed by atoms with Crippen molar-refractivity contribution in [3.8, 4) is 11.8 Å². The summed E-state index contributed by atoms with van der Waals surface area (Å²) in [5.41, 5.74) is 1.84. The third-order valence-electron chi connectivity index (χ3n) is 3.58. The van der Waals surface area contributed by atoms with Crippen LogP contribution in [0.15, 0.2) is 18.2 Å². The van der Waals surface area contributed by atoms with E-state index in [0.29, 0.717) is 12.5 Å². The van der Waals surface area contributed by atoms with Gasteiger partial charge in [-0.15, -0.1) is 0 Å². The van der Waals surface area contributed by atoms with Gasteiger partial charge in [-0.3, -0.25) is 5.32 Å². The molecule has 18 heavy (non-hydrogen) atoms. The van der Waals surface area contributed by atoms with Crippen LogP contribution in [-0.4, -0.2) is 19.2 Å². The van der Waals surface area contributed by atoms with Gasteiger partial charge in [-0.2, -0.15) is 5.26 Å². The van der Waals surface area contributed by atoms with Gasteiger partial charge in [-0.25, -0.2) is 0 Å². The minimum absolute atomic E-state index is 0.410. The van der Waals surface area contributed by atoms with Gasteiger partial charge in [-0.05, 0) is 62.9 Å². The lowest BCUT2D eigenvalue weighted by Crippen LogP contribution is -2.49. The lowest BCUT2D eigenvalue weighted by Gasteiger charge is -2.26. The van der Waals surface area contributed by atoms with Gasteiger partial charge >= 0.3 is 0 Å². The highest BCUT2D eigenvalue weighted by Gasteiger charge is 2.45. The molecule has 1 aromatic carbocycles. The van der Waals surface area contributed by atoms with Crippen molar-refractivity contribution in [2.24, 2.45) is 5.92 Å². The van der Waals surface area contributed by atoms with Gasteiger partial charge < -0.3 is 4.74 Å². The minimum atomic E-state index is -0.530. The van der Waals surface area contributed by atoms with Crippen molar-refractivity contribution in [1.82, 2.24) is 5.32 Å². The average molecular weight is 244 g/mol. The van der Waals surface area contributed by atoms with E-state index in [1.807, 2.05) is 19.2 Å². The lowest BCUT2D eigenvalue weighted by molar-refractivity contribution is 0.210. The average Bonchev–Trinajstić information content (AvgIpc) is 3.14. The molecule has 1 aromatic rings. The number of benzene rings is 1. The summed E-state index contributed by atoms with van der Waals surface area (Å²) in [7, 11) is 1.84. The molecular formula is C15H20N2O. The largest absolute Gasteiger partial charge is 0.491 e. The molecule has 96 valence electrons. The van der Waals surface area contributed by atoms with Crippen LogP contribution in [0, 0.1) is 31.1 Å². The second-order valence-electron chi connectivity index (χ2n) is 5.22. The van der Waals surface area contributed by atoms with E-state index < -0.39 is 5.54 Å². The highest BCUT2D eigenvalue weighted by molar-refractivity contribution is 5.33. The first-order valence-corrected chi connectivity index (χ1v) is 6.41. The van der Waals surface area contributed by atoms with Gasteiger partial charge in [0, 0.05) is 0 Å². The summed E-state index contributed by atoms with van der Waals surface area (Å²) in [6.07, 6.45) is 2.23. The van der Waals surface area contributed by atoms with E-state index in [4.69, 9.17) is 4.74 Å². The Balaban J connectivity index is 2.08. The van der Waals surface area contributed by atoms with Crippen LogP contribution in [0.5, 0.6) is 5.75 Å². The van der Waals surface area contributed by atoms with Crippen LogP contribution in [0.25, 0.3) is 0 Å². The van der Waals surface area contributed by atoms with Crippen molar-refractivity contribution in [3.05, 3.63) is 29.3 Å². The molecule has 3 nitrogen and oxygen atoms in total. The Morgan fingerprint density at radius 1 is 1.33 bits per heavy atom. The fourth-order valence-electron chi connectivity index (χ4n) is 2.36. The molecule has 1 atom stereocenters. The maximum atomic E-state index is 9.38. The molecule has 1 aliphatic rings. The van der Waals surface area contributed by atoms with Gasteiger partial charge in [0.15, 0.2) is 0 Å². The first kappa shape index (κ1) is 12.9. The molecule has 0 heterocycles. The second kappa shape index (κ2) is 4.99. The SMILES string of the molecule is CNC(C#N)(COc1cc(C)cc(C)c1)C1CC1. The molecular weight excluding hydrogens is 224 g/mol. The standard InChI is InChI=1S/C15H20N2O/c1-11-6-12(2)8-14(7-11)18-10-15(9-16,17-3)13-4-5-13/h6-8,13,17H,4-5,10H2,1-3H3. The molecule has 1 saturated carbocycles. The van der Waals surface area contributed by atoms with E-state index in [-0.39, 0.29) is 0 Å². The molecule has 0 amide bonds. The quantitative estimate of drug-likeness (QED) is 0.865. The molecule has 2 rings (SSSR count). The Hall–Kier alpha value is -1.53. The van der Waals surface area contributed by atoms with Crippen molar-refractivity contribution in [3.63, 3.8) is 0 Å². The Morgan fingerprint density at radius 2 is 1.94 bits per heavy atom. The Morgan fingerprint density at radius 3 is 2.39 bits per heavy atom. The minimum Gasteiger partial charge on any atom is -0.491 e. The number of nitriles is 1. The molecule has 0 aliphatic heterocycles. The second-order valence-corrected chi connectivity index (χ2v) is 5.22. The van der Waals surface area contributed by atoms with E-state index >= 15 is 0 Å². The first-order valence-electron chi connectivity index (χ1n) is 6.41. The predicted octanol–water partition coefficient (Wildman–Crippen LogP) is 2.57. The van der Waals surface area contributed by atoms with Crippen LogP contribution in [0.3, 0.4) is 0 Å². The Labute approximate surface area is 109 Å². The molecule has 0 saturated heterocycles. The molecule has 0 spiro atoms. The van der Waals surface area contributed by atoms with Crippen LogP contribution >= 0.6 is 0 Å². The molecule has 3 heteroatoms. The molecule has 0 bridgehead atoms. The highest BCUT2D eigenvalue weighted by atomic mass is 16.5. The number of aryl methyl sites for hydroxylation is 2. The predicted molar refractivity (Wildman–Crippen MR) is 71.5 cm³/mol. The third-order valence-corrected chi connectivity index (χ3v) is 3.58. The van der Waals surface area contributed by atoms with E-state index in [1.54, 1.807) is 0 Å². The van der Waals surface area contributed by atoms with Crippen molar-refractivity contribution < 1.29 is 4.74 Å². The van der Waals surface area contributed by atoms with Crippen molar-refractivity contribution in [2.45, 2.75) is 32.2 Å². The lowest BCUT2D eigenvalue weighted by atomic mass is 9.96. The van der Waals surface area contributed by atoms with E-state index in [9.17, 15) is 5.26 Å². The zero-order valence-electron chi connectivity index (χ0n) is 11.3. The van der Waals surface area contributed by atoms with Crippen LogP contribution in [0.2, 0.25) is 0 Å². The number of nitrogens with zero attached hydrogens (tertiary/aromatic N) is 1. The zero-order valence-corrected chi connectivity index (χ0v) is 11.3. The molecule has 0 radical (unpaired) electrons. The number of nitrogens with one attached hydrogen (secondary N) is 1.